The molecule has 0 saturated heterocycles. The molecule has 0 unspecified atom stereocenters. The molecular weight excluding hydrogens is 769 g/mol. The zero-order chi connectivity index (χ0) is 39.1. The van der Waals surface area contributed by atoms with E-state index in [1.165, 1.54) is 90.4 Å². The van der Waals surface area contributed by atoms with Crippen LogP contribution in [-0.2, 0) is 6.42 Å². The Morgan fingerprint density at radius 1 is 0.483 bits per heavy atom. The van der Waals surface area contributed by atoms with Gasteiger partial charge in [0, 0.05) is 68.4 Å². The van der Waals surface area contributed by atoms with Crippen molar-refractivity contribution >= 4 is 124 Å². The number of hydrogen-bond donors (Lipinski definition) is 0. The molecule has 5 aromatic heterocycles. The van der Waals surface area contributed by atoms with Gasteiger partial charge in [0.1, 0.15) is 0 Å². The molecule has 1 aliphatic rings. The third-order valence-corrected chi connectivity index (χ3v) is 15.1. The molecule has 6 heteroatoms. The average molecular weight is 801 g/mol. The Morgan fingerprint density at radius 3 is 2.02 bits per heavy atom. The highest BCUT2D eigenvalue weighted by molar-refractivity contribution is 7.27. The van der Waals surface area contributed by atoms with E-state index >= 15 is 0 Å². The normalized spacial score (nSPS) is 13.1. The van der Waals surface area contributed by atoms with E-state index in [2.05, 4.69) is 179 Å². The second-order valence-corrected chi connectivity index (χ2v) is 18.1. The van der Waals surface area contributed by atoms with Crippen molar-refractivity contribution in [1.82, 2.24) is 19.1 Å². The van der Waals surface area contributed by atoms with E-state index in [0.717, 1.165) is 45.3 Å². The van der Waals surface area contributed by atoms with Crippen LogP contribution in [-0.4, -0.2) is 19.1 Å². The summed E-state index contributed by atoms with van der Waals surface area (Å²) in [4.78, 5) is 11.3. The van der Waals surface area contributed by atoms with Gasteiger partial charge in [-0.15, -0.1) is 22.7 Å². The number of rotatable bonds is 3. The number of aryl methyl sites for hydroxylation is 1. The molecule has 13 aromatic rings. The van der Waals surface area contributed by atoms with Gasteiger partial charge in [-0.3, -0.25) is 4.57 Å². The van der Waals surface area contributed by atoms with Gasteiger partial charge in [-0.1, -0.05) is 127 Å². The predicted molar refractivity (Wildman–Crippen MR) is 257 cm³/mol. The Hall–Kier alpha value is -7.12. The van der Waals surface area contributed by atoms with E-state index in [0.29, 0.717) is 5.95 Å². The molecule has 0 N–H and O–H groups in total. The zero-order valence-electron chi connectivity index (χ0n) is 32.2. The maximum Gasteiger partial charge on any atom is 0.235 e. The van der Waals surface area contributed by atoms with Gasteiger partial charge < -0.3 is 4.57 Å². The molecule has 60 heavy (non-hydrogen) atoms. The highest BCUT2D eigenvalue weighted by Gasteiger charge is 2.26. The second kappa shape index (κ2) is 12.2. The van der Waals surface area contributed by atoms with E-state index in [1.807, 2.05) is 22.7 Å². The molecule has 0 atom stereocenters. The number of benzene rings is 8. The molecule has 280 valence electrons. The van der Waals surface area contributed by atoms with E-state index in [1.54, 1.807) is 0 Å². The first-order chi connectivity index (χ1) is 29.8. The Morgan fingerprint density at radius 2 is 1.18 bits per heavy atom. The minimum absolute atomic E-state index is 0.705. The Balaban J connectivity index is 1.14. The lowest BCUT2D eigenvalue weighted by molar-refractivity contribution is 0.996. The van der Waals surface area contributed by atoms with E-state index in [9.17, 15) is 0 Å². The number of aromatic nitrogens is 4. The molecule has 0 radical (unpaired) electrons. The Kier molecular flexibility index (Phi) is 6.67. The van der Waals surface area contributed by atoms with E-state index in [4.69, 9.17) is 9.97 Å². The van der Waals surface area contributed by atoms with Crippen LogP contribution in [0.1, 0.15) is 17.5 Å². The SMILES string of the molecule is C1=Cc2ccc3sc4c(-c5ccccc5)nc(-n5c6ccccc6c6c7sc8cc9c(cc8c7c7ccccc7c65)c5ccccc5n9-c5ccccc5)nc4c3c2CC1. The summed E-state index contributed by atoms with van der Waals surface area (Å²) in [5.74, 6) is 0.705. The average Bonchev–Trinajstić information content (AvgIpc) is 4.06. The lowest BCUT2D eigenvalue weighted by atomic mass is 9.94. The van der Waals surface area contributed by atoms with Crippen LogP contribution >= 0.6 is 22.7 Å². The highest BCUT2D eigenvalue weighted by Crippen LogP contribution is 2.50. The summed E-state index contributed by atoms with van der Waals surface area (Å²) in [6, 6.07) is 57.6. The number of para-hydroxylation sites is 3. The van der Waals surface area contributed by atoms with Crippen molar-refractivity contribution in [1.29, 1.82) is 0 Å². The Labute approximate surface area is 351 Å². The van der Waals surface area contributed by atoms with Gasteiger partial charge in [0.05, 0.1) is 38.0 Å². The summed E-state index contributed by atoms with van der Waals surface area (Å²) in [5.41, 5.74) is 11.7. The lowest BCUT2D eigenvalue weighted by Gasteiger charge is -2.13. The third-order valence-electron chi connectivity index (χ3n) is 12.8. The first-order valence-corrected chi connectivity index (χ1v) is 22.2. The van der Waals surface area contributed by atoms with Crippen molar-refractivity contribution < 1.29 is 0 Å². The summed E-state index contributed by atoms with van der Waals surface area (Å²) < 4.78 is 9.77. The summed E-state index contributed by atoms with van der Waals surface area (Å²) in [6.07, 6.45) is 6.63. The fourth-order valence-electron chi connectivity index (χ4n) is 10.3. The van der Waals surface area contributed by atoms with E-state index in [-0.39, 0.29) is 0 Å². The van der Waals surface area contributed by atoms with Crippen molar-refractivity contribution in [3.63, 3.8) is 0 Å². The number of hydrogen-bond acceptors (Lipinski definition) is 4. The molecule has 0 fully saturated rings. The molecule has 14 rings (SSSR count). The van der Waals surface area contributed by atoms with Crippen molar-refractivity contribution in [2.45, 2.75) is 12.8 Å². The summed E-state index contributed by atoms with van der Waals surface area (Å²) in [7, 11) is 0. The molecule has 8 aromatic carbocycles. The van der Waals surface area contributed by atoms with Crippen molar-refractivity contribution in [3.8, 4) is 22.9 Å². The topological polar surface area (TPSA) is 35.6 Å². The minimum Gasteiger partial charge on any atom is -0.309 e. The van der Waals surface area contributed by atoms with Crippen LogP contribution in [0, 0.1) is 0 Å². The molecule has 0 amide bonds. The quantitative estimate of drug-likeness (QED) is 0.178. The Bertz CT molecular complexity index is 4000. The number of fused-ring (bicyclic) bond motifs is 18. The lowest BCUT2D eigenvalue weighted by Crippen LogP contribution is -2.03. The highest BCUT2D eigenvalue weighted by atomic mass is 32.1. The fourth-order valence-corrected chi connectivity index (χ4v) is 12.7. The molecule has 0 spiro atoms. The van der Waals surface area contributed by atoms with Crippen LogP contribution in [0.15, 0.2) is 164 Å². The molecule has 0 saturated carbocycles. The van der Waals surface area contributed by atoms with Gasteiger partial charge in [-0.05, 0) is 71.8 Å². The molecular formula is C54H32N4S2. The van der Waals surface area contributed by atoms with Crippen LogP contribution < -0.4 is 0 Å². The summed E-state index contributed by atoms with van der Waals surface area (Å²) in [6.45, 7) is 0. The monoisotopic (exact) mass is 800 g/mol. The molecule has 5 heterocycles. The van der Waals surface area contributed by atoms with Crippen molar-refractivity contribution in [3.05, 3.63) is 175 Å². The van der Waals surface area contributed by atoms with Crippen LogP contribution in [0.2, 0.25) is 0 Å². The predicted octanol–water partition coefficient (Wildman–Crippen LogP) is 15.2. The molecule has 1 aliphatic carbocycles. The first-order valence-electron chi connectivity index (χ1n) is 20.6. The maximum absolute atomic E-state index is 5.67. The van der Waals surface area contributed by atoms with E-state index < -0.39 is 0 Å². The largest absolute Gasteiger partial charge is 0.309 e. The number of allylic oxidation sites excluding steroid dienone is 1. The van der Waals surface area contributed by atoms with Crippen molar-refractivity contribution in [2.24, 2.45) is 0 Å². The van der Waals surface area contributed by atoms with Gasteiger partial charge in [0.25, 0.3) is 0 Å². The molecule has 0 bridgehead atoms. The number of nitrogens with zero attached hydrogens (tertiary/aromatic N) is 4. The summed E-state index contributed by atoms with van der Waals surface area (Å²) >= 11 is 3.73. The summed E-state index contributed by atoms with van der Waals surface area (Å²) in [5, 5.41) is 11.3. The van der Waals surface area contributed by atoms with Crippen LogP contribution in [0.25, 0.3) is 124 Å². The second-order valence-electron chi connectivity index (χ2n) is 15.9. The molecule has 4 nitrogen and oxygen atoms in total. The zero-order valence-corrected chi connectivity index (χ0v) is 33.8. The van der Waals surface area contributed by atoms with Crippen LogP contribution in [0.5, 0.6) is 0 Å². The van der Waals surface area contributed by atoms with Gasteiger partial charge >= 0.3 is 0 Å². The van der Waals surface area contributed by atoms with Gasteiger partial charge in [-0.25, -0.2) is 9.97 Å². The smallest absolute Gasteiger partial charge is 0.235 e. The number of thiophene rings is 2. The third kappa shape index (κ3) is 4.39. The van der Waals surface area contributed by atoms with Gasteiger partial charge in [0.2, 0.25) is 5.95 Å². The van der Waals surface area contributed by atoms with Gasteiger partial charge in [0.15, 0.2) is 0 Å². The fraction of sp³-hybridized carbons (Fsp3) is 0.0370. The standard InChI is InChI=1S/C54H32N4S2/c1-3-16-32(17-4-1)49-53-50(47-34-20-8-7-15-31(34)27-28-44(47)59-53)56-54(55-49)58-42-26-14-12-24-38(42)48-51(58)37-23-10-9-22-36(37)46-40-29-39-35-21-11-13-25-41(35)57(33-18-5-2-6-19-33)43(39)30-45(40)60-52(46)48/h1-7,9-19,21-30H,8,20H2. The van der Waals surface area contributed by atoms with Crippen molar-refractivity contribution in [2.75, 3.05) is 0 Å². The van der Waals surface area contributed by atoms with Crippen LogP contribution in [0.4, 0.5) is 0 Å². The maximum atomic E-state index is 5.67. The minimum atomic E-state index is 0.705. The first kappa shape index (κ1) is 32.8. The van der Waals surface area contributed by atoms with Gasteiger partial charge in [-0.2, -0.15) is 0 Å². The van der Waals surface area contributed by atoms with Crippen LogP contribution in [0.3, 0.4) is 0 Å². The molecule has 0 aliphatic heterocycles.